The molecule has 126 valence electrons. The molecule has 1 heterocycles. The molecule has 0 aliphatic carbocycles. The summed E-state index contributed by atoms with van der Waals surface area (Å²) in [4.78, 5) is 15.5. The van der Waals surface area contributed by atoms with Crippen molar-refractivity contribution in [1.82, 2.24) is 4.90 Å². The van der Waals surface area contributed by atoms with Gasteiger partial charge >= 0.3 is 6.03 Å². The van der Waals surface area contributed by atoms with Crippen LogP contribution in [0, 0.1) is 0 Å². The summed E-state index contributed by atoms with van der Waals surface area (Å²) in [6.45, 7) is 3.48. The van der Waals surface area contributed by atoms with E-state index in [4.69, 9.17) is 4.74 Å². The van der Waals surface area contributed by atoms with E-state index < -0.39 is 0 Å². The Kier molecular flexibility index (Phi) is 5.01. The van der Waals surface area contributed by atoms with Crippen molar-refractivity contribution in [1.29, 1.82) is 0 Å². The standard InChI is InChI=1S/C19H23N3O2/c1-21(2)19(23)20-17-7-3-15(4-8-17)16-5-9-18(10-6-16)22-11-13-24-14-12-22/h3-10H,11-14H2,1-2H3,(H,20,23). The van der Waals surface area contributed by atoms with Crippen molar-refractivity contribution in [2.75, 3.05) is 50.6 Å². The SMILES string of the molecule is CN(C)C(=O)Nc1ccc(-c2ccc(N3CCOCC3)cc2)cc1. The van der Waals surface area contributed by atoms with Gasteiger partial charge in [-0.1, -0.05) is 24.3 Å². The van der Waals surface area contributed by atoms with E-state index in [-0.39, 0.29) is 6.03 Å². The number of urea groups is 1. The Morgan fingerprint density at radius 3 is 2.04 bits per heavy atom. The zero-order valence-electron chi connectivity index (χ0n) is 14.2. The van der Waals surface area contributed by atoms with Gasteiger partial charge in [-0.3, -0.25) is 0 Å². The molecule has 0 unspecified atom stereocenters. The van der Waals surface area contributed by atoms with Crippen LogP contribution in [0.3, 0.4) is 0 Å². The number of benzene rings is 2. The number of hydrogen-bond acceptors (Lipinski definition) is 3. The summed E-state index contributed by atoms with van der Waals surface area (Å²) >= 11 is 0. The van der Waals surface area contributed by atoms with Crippen LogP contribution in [0.25, 0.3) is 11.1 Å². The summed E-state index contributed by atoms with van der Waals surface area (Å²) in [5.41, 5.74) is 4.32. The van der Waals surface area contributed by atoms with Gasteiger partial charge in [0.15, 0.2) is 0 Å². The van der Waals surface area contributed by atoms with Gasteiger partial charge in [0, 0.05) is 38.6 Å². The molecular weight excluding hydrogens is 302 g/mol. The first kappa shape index (κ1) is 16.3. The van der Waals surface area contributed by atoms with E-state index >= 15 is 0 Å². The van der Waals surface area contributed by atoms with Crippen LogP contribution in [-0.4, -0.2) is 51.3 Å². The van der Waals surface area contributed by atoms with Crippen LogP contribution in [0.2, 0.25) is 0 Å². The molecule has 0 bridgehead atoms. The quantitative estimate of drug-likeness (QED) is 0.942. The third kappa shape index (κ3) is 3.86. The molecule has 1 aliphatic rings. The number of carbonyl (C=O) groups is 1. The van der Waals surface area contributed by atoms with Gasteiger partial charge in [0.25, 0.3) is 0 Å². The Morgan fingerprint density at radius 1 is 0.958 bits per heavy atom. The maximum Gasteiger partial charge on any atom is 0.321 e. The minimum atomic E-state index is -0.127. The Labute approximate surface area is 142 Å². The van der Waals surface area contributed by atoms with E-state index in [1.54, 1.807) is 14.1 Å². The van der Waals surface area contributed by atoms with Gasteiger partial charge in [0.2, 0.25) is 0 Å². The second kappa shape index (κ2) is 7.36. The molecule has 24 heavy (non-hydrogen) atoms. The highest BCUT2D eigenvalue weighted by Crippen LogP contribution is 2.25. The lowest BCUT2D eigenvalue weighted by Crippen LogP contribution is -2.36. The van der Waals surface area contributed by atoms with E-state index in [0.717, 1.165) is 43.1 Å². The predicted molar refractivity (Wildman–Crippen MR) is 97.6 cm³/mol. The van der Waals surface area contributed by atoms with Gasteiger partial charge in [-0.15, -0.1) is 0 Å². The lowest BCUT2D eigenvalue weighted by Gasteiger charge is -2.28. The van der Waals surface area contributed by atoms with E-state index in [0.29, 0.717) is 0 Å². The van der Waals surface area contributed by atoms with Crippen molar-refractivity contribution < 1.29 is 9.53 Å². The second-order valence-electron chi connectivity index (χ2n) is 6.05. The van der Waals surface area contributed by atoms with Crippen molar-refractivity contribution in [3.8, 4) is 11.1 Å². The zero-order chi connectivity index (χ0) is 16.9. The monoisotopic (exact) mass is 325 g/mol. The largest absolute Gasteiger partial charge is 0.378 e. The van der Waals surface area contributed by atoms with Crippen LogP contribution in [0.4, 0.5) is 16.2 Å². The van der Waals surface area contributed by atoms with E-state index in [1.807, 2.05) is 24.3 Å². The summed E-state index contributed by atoms with van der Waals surface area (Å²) < 4.78 is 5.39. The summed E-state index contributed by atoms with van der Waals surface area (Å²) in [6, 6.07) is 16.3. The average Bonchev–Trinajstić information content (AvgIpc) is 2.63. The molecule has 2 aromatic carbocycles. The smallest absolute Gasteiger partial charge is 0.321 e. The van der Waals surface area contributed by atoms with Crippen LogP contribution in [0.5, 0.6) is 0 Å². The molecule has 1 aliphatic heterocycles. The molecule has 1 N–H and O–H groups in total. The van der Waals surface area contributed by atoms with Crippen molar-refractivity contribution in [3.05, 3.63) is 48.5 Å². The molecule has 2 amide bonds. The molecule has 0 radical (unpaired) electrons. The highest BCUT2D eigenvalue weighted by molar-refractivity contribution is 5.89. The molecule has 1 saturated heterocycles. The minimum Gasteiger partial charge on any atom is -0.378 e. The Hall–Kier alpha value is -2.53. The average molecular weight is 325 g/mol. The maximum absolute atomic E-state index is 11.7. The number of nitrogens with zero attached hydrogens (tertiary/aromatic N) is 2. The fourth-order valence-corrected chi connectivity index (χ4v) is 2.67. The maximum atomic E-state index is 11.7. The molecule has 5 nitrogen and oxygen atoms in total. The first-order valence-electron chi connectivity index (χ1n) is 8.15. The van der Waals surface area contributed by atoms with E-state index in [2.05, 4.69) is 34.5 Å². The van der Waals surface area contributed by atoms with Gasteiger partial charge in [0.05, 0.1) is 13.2 Å². The highest BCUT2D eigenvalue weighted by Gasteiger charge is 2.11. The van der Waals surface area contributed by atoms with Gasteiger partial charge < -0.3 is 19.9 Å². The first-order chi connectivity index (χ1) is 11.6. The van der Waals surface area contributed by atoms with Gasteiger partial charge in [0.1, 0.15) is 0 Å². The first-order valence-corrected chi connectivity index (χ1v) is 8.15. The van der Waals surface area contributed by atoms with Crippen LogP contribution in [0.1, 0.15) is 0 Å². The topological polar surface area (TPSA) is 44.8 Å². The number of nitrogens with one attached hydrogen (secondary N) is 1. The third-order valence-corrected chi connectivity index (χ3v) is 4.12. The second-order valence-corrected chi connectivity index (χ2v) is 6.05. The van der Waals surface area contributed by atoms with E-state index in [9.17, 15) is 4.79 Å². The van der Waals surface area contributed by atoms with Crippen molar-refractivity contribution in [2.45, 2.75) is 0 Å². The molecule has 1 fully saturated rings. The van der Waals surface area contributed by atoms with Crippen LogP contribution in [-0.2, 0) is 4.74 Å². The summed E-state index contributed by atoms with van der Waals surface area (Å²) in [7, 11) is 3.44. The fraction of sp³-hybridized carbons (Fsp3) is 0.316. The third-order valence-electron chi connectivity index (χ3n) is 4.12. The number of amides is 2. The molecular formula is C19H23N3O2. The molecule has 0 atom stereocenters. The van der Waals surface area contributed by atoms with Crippen LogP contribution in [0.15, 0.2) is 48.5 Å². The Balaban J connectivity index is 1.69. The lowest BCUT2D eigenvalue weighted by atomic mass is 10.0. The summed E-state index contributed by atoms with van der Waals surface area (Å²) in [6.07, 6.45) is 0. The van der Waals surface area contributed by atoms with E-state index in [1.165, 1.54) is 10.6 Å². The van der Waals surface area contributed by atoms with Crippen molar-refractivity contribution >= 4 is 17.4 Å². The zero-order valence-corrected chi connectivity index (χ0v) is 14.2. The normalized spacial score (nSPS) is 14.3. The number of hydrogen-bond donors (Lipinski definition) is 1. The predicted octanol–water partition coefficient (Wildman–Crippen LogP) is 3.28. The van der Waals surface area contributed by atoms with Crippen molar-refractivity contribution in [2.24, 2.45) is 0 Å². The molecule has 2 aromatic rings. The summed E-state index contributed by atoms with van der Waals surface area (Å²) in [5.74, 6) is 0. The van der Waals surface area contributed by atoms with Crippen LogP contribution < -0.4 is 10.2 Å². The summed E-state index contributed by atoms with van der Waals surface area (Å²) in [5, 5.41) is 2.84. The molecule has 5 heteroatoms. The number of rotatable bonds is 3. The van der Waals surface area contributed by atoms with Gasteiger partial charge in [-0.2, -0.15) is 0 Å². The molecule has 3 rings (SSSR count). The number of anilines is 2. The van der Waals surface area contributed by atoms with Gasteiger partial charge in [-0.25, -0.2) is 4.79 Å². The Bertz CT molecular complexity index is 675. The lowest BCUT2D eigenvalue weighted by molar-refractivity contribution is 0.122. The Morgan fingerprint density at radius 2 is 1.50 bits per heavy atom. The number of ether oxygens (including phenoxy) is 1. The van der Waals surface area contributed by atoms with Crippen LogP contribution >= 0.6 is 0 Å². The highest BCUT2D eigenvalue weighted by atomic mass is 16.5. The number of carbonyl (C=O) groups excluding carboxylic acids is 1. The molecule has 0 saturated carbocycles. The number of morpholine rings is 1. The fourth-order valence-electron chi connectivity index (χ4n) is 2.67. The molecule has 0 spiro atoms. The molecule has 0 aromatic heterocycles. The minimum absolute atomic E-state index is 0.127. The van der Waals surface area contributed by atoms with Crippen molar-refractivity contribution in [3.63, 3.8) is 0 Å². The van der Waals surface area contributed by atoms with Gasteiger partial charge in [-0.05, 0) is 35.4 Å².